The molecule has 1 aromatic carbocycles. The Morgan fingerprint density at radius 3 is 2.00 bits per heavy atom. The summed E-state index contributed by atoms with van der Waals surface area (Å²) in [6, 6.07) is 7.12. The third-order valence-corrected chi connectivity index (χ3v) is 5.23. The van der Waals surface area contributed by atoms with E-state index >= 15 is 0 Å². The Hall–Kier alpha value is -0.910. The minimum absolute atomic E-state index is 0.112. The highest BCUT2D eigenvalue weighted by Gasteiger charge is 2.19. The van der Waals surface area contributed by atoms with E-state index in [0.29, 0.717) is 11.4 Å². The smallest absolute Gasteiger partial charge is 0.180 e. The summed E-state index contributed by atoms with van der Waals surface area (Å²) in [6.45, 7) is 3.88. The summed E-state index contributed by atoms with van der Waals surface area (Å²) in [5, 5.41) is -0.400. The quantitative estimate of drug-likeness (QED) is 0.879. The van der Waals surface area contributed by atoms with Crippen molar-refractivity contribution in [1.82, 2.24) is 4.90 Å². The first kappa shape index (κ1) is 15.1. The lowest BCUT2D eigenvalue weighted by atomic mass is 10.1. The molecular weight excluding hydrogens is 248 g/mol. The van der Waals surface area contributed by atoms with Crippen molar-refractivity contribution in [2.75, 3.05) is 20.6 Å². The van der Waals surface area contributed by atoms with E-state index in [0.717, 1.165) is 5.56 Å². The molecule has 4 nitrogen and oxygen atoms in total. The van der Waals surface area contributed by atoms with Gasteiger partial charge in [-0.3, -0.25) is 0 Å². The molecule has 0 aliphatic rings. The van der Waals surface area contributed by atoms with Gasteiger partial charge in [-0.05, 0) is 45.6 Å². The number of hydrogen-bond acceptors (Lipinski definition) is 4. The first-order chi connectivity index (χ1) is 8.30. The molecule has 1 unspecified atom stereocenters. The molecule has 5 heteroatoms. The number of likely N-dealkylation sites (N-methyl/N-ethyl adjacent to an activating group) is 1. The van der Waals surface area contributed by atoms with Crippen LogP contribution in [-0.2, 0) is 9.84 Å². The summed E-state index contributed by atoms with van der Waals surface area (Å²) in [5.41, 5.74) is 6.75. The van der Waals surface area contributed by atoms with E-state index in [1.54, 1.807) is 26.0 Å². The largest absolute Gasteiger partial charge is 0.329 e. The molecular formula is C13H22N2O2S. The molecule has 102 valence electrons. The number of sulfone groups is 1. The second-order valence-electron chi connectivity index (χ2n) is 4.88. The third kappa shape index (κ3) is 3.10. The number of nitrogens with zero attached hydrogens (tertiary/aromatic N) is 1. The molecule has 0 bridgehead atoms. The maximum atomic E-state index is 12.0. The standard InChI is InChI=1S/C13H22N2O2S/c1-10(2)18(16,17)12-7-5-11(6-8-12)13(9-14)15(3)4/h5-8,10,13H,9,14H2,1-4H3. The van der Waals surface area contributed by atoms with Crippen LogP contribution in [0.4, 0.5) is 0 Å². The zero-order chi connectivity index (χ0) is 13.9. The van der Waals surface area contributed by atoms with Gasteiger partial charge in [-0.25, -0.2) is 8.42 Å². The summed E-state index contributed by atoms with van der Waals surface area (Å²) in [4.78, 5) is 2.39. The first-order valence-corrected chi connectivity index (χ1v) is 7.55. The number of nitrogens with two attached hydrogens (primary N) is 1. The van der Waals surface area contributed by atoms with Gasteiger partial charge in [-0.2, -0.15) is 0 Å². The lowest BCUT2D eigenvalue weighted by molar-refractivity contribution is 0.306. The molecule has 0 heterocycles. The average Bonchev–Trinajstić information content (AvgIpc) is 2.30. The van der Waals surface area contributed by atoms with Crippen LogP contribution < -0.4 is 5.73 Å². The molecule has 0 aliphatic heterocycles. The fourth-order valence-electron chi connectivity index (χ4n) is 1.80. The van der Waals surface area contributed by atoms with Crippen LogP contribution in [0, 0.1) is 0 Å². The molecule has 0 saturated heterocycles. The zero-order valence-corrected chi connectivity index (χ0v) is 12.2. The summed E-state index contributed by atoms with van der Waals surface area (Å²) in [5.74, 6) is 0. The summed E-state index contributed by atoms with van der Waals surface area (Å²) < 4.78 is 24.0. The van der Waals surface area contributed by atoms with Gasteiger partial charge in [0.15, 0.2) is 9.84 Å². The van der Waals surface area contributed by atoms with Crippen molar-refractivity contribution in [3.63, 3.8) is 0 Å². The summed E-state index contributed by atoms with van der Waals surface area (Å²) in [6.07, 6.45) is 0. The predicted molar refractivity (Wildman–Crippen MR) is 74.2 cm³/mol. The number of hydrogen-bond donors (Lipinski definition) is 1. The minimum atomic E-state index is -3.19. The van der Waals surface area contributed by atoms with Crippen LogP contribution in [0.25, 0.3) is 0 Å². The highest BCUT2D eigenvalue weighted by Crippen LogP contribution is 2.21. The Kier molecular flexibility index (Phi) is 4.90. The van der Waals surface area contributed by atoms with Crippen molar-refractivity contribution in [2.24, 2.45) is 5.73 Å². The van der Waals surface area contributed by atoms with Crippen molar-refractivity contribution in [3.05, 3.63) is 29.8 Å². The summed E-state index contributed by atoms with van der Waals surface area (Å²) in [7, 11) is 0.718. The fourth-order valence-corrected chi connectivity index (χ4v) is 2.86. The Bertz CT molecular complexity index is 478. The second kappa shape index (κ2) is 5.82. The van der Waals surface area contributed by atoms with Crippen molar-refractivity contribution < 1.29 is 8.42 Å². The lowest BCUT2D eigenvalue weighted by Crippen LogP contribution is -2.27. The van der Waals surface area contributed by atoms with Crippen LogP contribution in [0.15, 0.2) is 29.2 Å². The molecule has 1 atom stereocenters. The number of benzene rings is 1. The Morgan fingerprint density at radius 2 is 1.67 bits per heavy atom. The van der Waals surface area contributed by atoms with E-state index in [2.05, 4.69) is 0 Å². The third-order valence-electron chi connectivity index (χ3n) is 3.06. The van der Waals surface area contributed by atoms with Gasteiger partial charge in [0.1, 0.15) is 0 Å². The fraction of sp³-hybridized carbons (Fsp3) is 0.538. The summed E-state index contributed by atoms with van der Waals surface area (Å²) >= 11 is 0. The van der Waals surface area contributed by atoms with Gasteiger partial charge in [0, 0.05) is 12.6 Å². The van der Waals surface area contributed by atoms with Gasteiger partial charge in [0.2, 0.25) is 0 Å². The lowest BCUT2D eigenvalue weighted by Gasteiger charge is -2.23. The molecule has 1 rings (SSSR count). The van der Waals surface area contributed by atoms with Crippen LogP contribution >= 0.6 is 0 Å². The van der Waals surface area contributed by atoms with Crippen LogP contribution in [0.2, 0.25) is 0 Å². The highest BCUT2D eigenvalue weighted by atomic mass is 32.2. The zero-order valence-electron chi connectivity index (χ0n) is 11.4. The maximum Gasteiger partial charge on any atom is 0.180 e. The van der Waals surface area contributed by atoms with Crippen molar-refractivity contribution in [2.45, 2.75) is 30.0 Å². The van der Waals surface area contributed by atoms with E-state index in [1.165, 1.54) is 0 Å². The predicted octanol–water partition coefficient (Wildman–Crippen LogP) is 1.43. The SMILES string of the molecule is CC(C)S(=O)(=O)c1ccc(C(CN)N(C)C)cc1. The molecule has 1 aromatic rings. The molecule has 0 saturated carbocycles. The van der Waals surface area contributed by atoms with Crippen LogP contribution in [0.3, 0.4) is 0 Å². The number of rotatable bonds is 5. The van der Waals surface area contributed by atoms with Gasteiger partial charge in [0.25, 0.3) is 0 Å². The molecule has 0 spiro atoms. The van der Waals surface area contributed by atoms with Crippen LogP contribution in [0.1, 0.15) is 25.5 Å². The van der Waals surface area contributed by atoms with Crippen molar-refractivity contribution in [3.8, 4) is 0 Å². The minimum Gasteiger partial charge on any atom is -0.329 e. The molecule has 0 amide bonds. The molecule has 0 aromatic heterocycles. The van der Waals surface area contributed by atoms with Gasteiger partial charge in [-0.1, -0.05) is 12.1 Å². The van der Waals surface area contributed by atoms with Crippen molar-refractivity contribution in [1.29, 1.82) is 0 Å². The molecule has 0 fully saturated rings. The maximum absolute atomic E-state index is 12.0. The van der Waals surface area contributed by atoms with Gasteiger partial charge < -0.3 is 10.6 Å². The van der Waals surface area contributed by atoms with Gasteiger partial charge in [0.05, 0.1) is 10.1 Å². The van der Waals surface area contributed by atoms with Crippen LogP contribution in [0.5, 0.6) is 0 Å². The molecule has 2 N–H and O–H groups in total. The van der Waals surface area contributed by atoms with E-state index in [9.17, 15) is 8.42 Å². The van der Waals surface area contributed by atoms with E-state index in [4.69, 9.17) is 5.73 Å². The van der Waals surface area contributed by atoms with E-state index < -0.39 is 15.1 Å². The topological polar surface area (TPSA) is 63.4 Å². The second-order valence-corrected chi connectivity index (χ2v) is 7.38. The molecule has 18 heavy (non-hydrogen) atoms. The molecule has 0 aliphatic carbocycles. The first-order valence-electron chi connectivity index (χ1n) is 6.01. The van der Waals surface area contributed by atoms with E-state index in [-0.39, 0.29) is 6.04 Å². The Labute approximate surface area is 110 Å². The Morgan fingerprint density at radius 1 is 1.17 bits per heavy atom. The van der Waals surface area contributed by atoms with E-state index in [1.807, 2.05) is 31.1 Å². The highest BCUT2D eigenvalue weighted by molar-refractivity contribution is 7.92. The molecule has 0 radical (unpaired) electrons. The van der Waals surface area contributed by atoms with Crippen molar-refractivity contribution >= 4 is 9.84 Å². The average molecular weight is 270 g/mol. The van der Waals surface area contributed by atoms with Gasteiger partial charge >= 0.3 is 0 Å². The monoisotopic (exact) mass is 270 g/mol. The van der Waals surface area contributed by atoms with Gasteiger partial charge in [-0.15, -0.1) is 0 Å². The normalized spacial score (nSPS) is 14.2. The Balaban J connectivity index is 3.07. The van der Waals surface area contributed by atoms with Crippen LogP contribution in [-0.4, -0.2) is 39.2 Å².